The molecule has 0 N–H and O–H groups in total. The Kier molecular flexibility index (Phi) is 7.47. The largest absolute Gasteiger partial charge is 0.418 e. The minimum absolute atomic E-state index is 0. The number of morpholine rings is 1. The van der Waals surface area contributed by atoms with Crippen molar-refractivity contribution in [3.63, 3.8) is 0 Å². The molecule has 3 heterocycles. The highest BCUT2D eigenvalue weighted by molar-refractivity contribution is 5.97. The van der Waals surface area contributed by atoms with Gasteiger partial charge in [0.1, 0.15) is 6.10 Å². The predicted octanol–water partition coefficient (Wildman–Crippen LogP) is 4.35. The topological polar surface area (TPSA) is 45.7 Å². The molecule has 2 aromatic rings. The van der Waals surface area contributed by atoms with Crippen LogP contribution in [0.5, 0.6) is 0 Å². The van der Waals surface area contributed by atoms with Gasteiger partial charge in [0.15, 0.2) is 0 Å². The number of carbonyl (C=O) groups excluding carboxylic acids is 1. The second kappa shape index (κ2) is 9.77. The zero-order valence-electron chi connectivity index (χ0n) is 17.8. The number of halogens is 4. The Labute approximate surface area is 192 Å². The van der Waals surface area contributed by atoms with Gasteiger partial charge >= 0.3 is 6.18 Å². The molecule has 2 aliphatic rings. The highest BCUT2D eigenvalue weighted by atomic mass is 35.5. The third-order valence-corrected chi connectivity index (χ3v) is 6.21. The zero-order chi connectivity index (χ0) is 22.1. The van der Waals surface area contributed by atoms with E-state index >= 15 is 0 Å². The lowest BCUT2D eigenvalue weighted by Crippen LogP contribution is -2.61. The van der Waals surface area contributed by atoms with Gasteiger partial charge in [-0.15, -0.1) is 12.4 Å². The van der Waals surface area contributed by atoms with E-state index in [0.717, 1.165) is 44.5 Å². The van der Waals surface area contributed by atoms with Gasteiger partial charge in [-0.3, -0.25) is 9.78 Å². The molecular weight excluding hydrogens is 443 g/mol. The smallest absolute Gasteiger partial charge is 0.360 e. The molecule has 1 aromatic heterocycles. The van der Waals surface area contributed by atoms with Crippen LogP contribution >= 0.6 is 12.4 Å². The van der Waals surface area contributed by atoms with Gasteiger partial charge in [-0.05, 0) is 37.8 Å². The Morgan fingerprint density at radius 1 is 1.16 bits per heavy atom. The first-order valence-electron chi connectivity index (χ1n) is 10.5. The number of pyridine rings is 1. The fourth-order valence-corrected chi connectivity index (χ4v) is 4.49. The molecule has 1 unspecified atom stereocenters. The van der Waals surface area contributed by atoms with Gasteiger partial charge in [-0.25, -0.2) is 0 Å². The van der Waals surface area contributed by atoms with E-state index in [9.17, 15) is 18.0 Å². The van der Waals surface area contributed by atoms with Crippen LogP contribution in [0.25, 0.3) is 0 Å². The molecule has 0 aliphatic carbocycles. The second-order valence-electron chi connectivity index (χ2n) is 8.34. The summed E-state index contributed by atoms with van der Waals surface area (Å²) in [6.07, 6.45) is -0.863. The van der Waals surface area contributed by atoms with Crippen LogP contribution in [-0.2, 0) is 22.1 Å². The number of nitrogens with zero attached hydrogens (tertiary/aromatic N) is 3. The number of piperidine rings is 1. The summed E-state index contributed by atoms with van der Waals surface area (Å²) in [7, 11) is 0. The molecule has 174 valence electrons. The first-order valence-corrected chi connectivity index (χ1v) is 10.5. The van der Waals surface area contributed by atoms with E-state index in [4.69, 9.17) is 4.74 Å². The molecule has 1 spiro atoms. The molecule has 2 fully saturated rings. The number of amides is 1. The number of anilines is 1. The van der Waals surface area contributed by atoms with Crippen molar-refractivity contribution in [1.29, 1.82) is 0 Å². The number of likely N-dealkylation sites (tertiary alicyclic amines) is 1. The Morgan fingerprint density at radius 3 is 2.50 bits per heavy atom. The van der Waals surface area contributed by atoms with E-state index in [1.54, 1.807) is 6.92 Å². The van der Waals surface area contributed by atoms with Crippen molar-refractivity contribution in [1.82, 2.24) is 9.88 Å². The van der Waals surface area contributed by atoms with Gasteiger partial charge in [0, 0.05) is 25.8 Å². The molecule has 4 rings (SSSR count). The van der Waals surface area contributed by atoms with Crippen molar-refractivity contribution in [3.8, 4) is 0 Å². The zero-order valence-corrected chi connectivity index (χ0v) is 18.7. The van der Waals surface area contributed by atoms with E-state index < -0.39 is 29.4 Å². The van der Waals surface area contributed by atoms with Crippen molar-refractivity contribution in [2.45, 2.75) is 44.1 Å². The number of aromatic nitrogens is 1. The van der Waals surface area contributed by atoms with E-state index in [0.29, 0.717) is 12.8 Å². The van der Waals surface area contributed by atoms with Crippen molar-refractivity contribution in [3.05, 3.63) is 59.9 Å². The van der Waals surface area contributed by atoms with Gasteiger partial charge in [0.2, 0.25) is 0 Å². The summed E-state index contributed by atoms with van der Waals surface area (Å²) in [5, 5.41) is 0. The van der Waals surface area contributed by atoms with Crippen molar-refractivity contribution in [2.24, 2.45) is 0 Å². The first kappa shape index (κ1) is 24.5. The number of ether oxygens (including phenoxy) is 1. The van der Waals surface area contributed by atoms with Crippen LogP contribution in [-0.4, -0.2) is 53.7 Å². The van der Waals surface area contributed by atoms with Crippen LogP contribution in [0.15, 0.2) is 48.8 Å². The fraction of sp³-hybridized carbons (Fsp3) is 0.478. The van der Waals surface area contributed by atoms with Gasteiger partial charge in [0.25, 0.3) is 5.91 Å². The molecule has 5 nitrogen and oxygen atoms in total. The lowest BCUT2D eigenvalue weighted by molar-refractivity contribution is -0.162. The summed E-state index contributed by atoms with van der Waals surface area (Å²) in [6.45, 7) is 4.19. The predicted molar refractivity (Wildman–Crippen MR) is 118 cm³/mol. The summed E-state index contributed by atoms with van der Waals surface area (Å²) in [5.41, 5.74) is -0.408. The van der Waals surface area contributed by atoms with Crippen LogP contribution in [0.1, 0.15) is 30.9 Å². The monoisotopic (exact) mass is 469 g/mol. The first-order chi connectivity index (χ1) is 14.8. The van der Waals surface area contributed by atoms with Gasteiger partial charge < -0.3 is 14.5 Å². The maximum atomic E-state index is 13.5. The molecule has 9 heteroatoms. The Bertz CT molecular complexity index is 918. The van der Waals surface area contributed by atoms with Crippen LogP contribution in [0.4, 0.5) is 18.9 Å². The van der Waals surface area contributed by atoms with Crippen LogP contribution in [0.3, 0.4) is 0 Å². The minimum atomic E-state index is -4.56. The third-order valence-electron chi connectivity index (χ3n) is 6.21. The van der Waals surface area contributed by atoms with Crippen LogP contribution < -0.4 is 4.90 Å². The molecule has 1 aromatic carbocycles. The Morgan fingerprint density at radius 2 is 1.84 bits per heavy atom. The van der Waals surface area contributed by atoms with Gasteiger partial charge in [-0.1, -0.05) is 30.3 Å². The summed E-state index contributed by atoms with van der Waals surface area (Å²) in [5.74, 6) is -0.462. The molecule has 1 atom stereocenters. The molecule has 1 amide bonds. The number of rotatable bonds is 4. The Hall–Kier alpha value is -2.16. The molecule has 0 saturated carbocycles. The van der Waals surface area contributed by atoms with E-state index in [1.807, 2.05) is 18.2 Å². The summed E-state index contributed by atoms with van der Waals surface area (Å²) < 4.78 is 46.7. The number of hydrogen-bond acceptors (Lipinski definition) is 4. The summed E-state index contributed by atoms with van der Waals surface area (Å²) >= 11 is 0. The molecule has 2 saturated heterocycles. The maximum Gasteiger partial charge on any atom is 0.418 e. The summed E-state index contributed by atoms with van der Waals surface area (Å²) in [4.78, 5) is 20.2. The minimum Gasteiger partial charge on any atom is -0.360 e. The van der Waals surface area contributed by atoms with Crippen molar-refractivity contribution < 1.29 is 22.7 Å². The lowest BCUT2D eigenvalue weighted by Gasteiger charge is -2.49. The molecular formula is C23H27ClF3N3O2. The SMILES string of the molecule is CC1OC2(CCN(CCc3ccccc3)CC2)CN(c2cnccc2C(F)(F)F)C1=O.Cl. The quantitative estimate of drug-likeness (QED) is 0.668. The number of hydrogen-bond donors (Lipinski definition) is 0. The average Bonchev–Trinajstić information content (AvgIpc) is 2.76. The molecule has 0 bridgehead atoms. The Balaban J connectivity index is 0.00000289. The highest BCUT2D eigenvalue weighted by Crippen LogP contribution is 2.40. The van der Waals surface area contributed by atoms with E-state index in [1.165, 1.54) is 10.5 Å². The number of benzene rings is 1. The van der Waals surface area contributed by atoms with Gasteiger partial charge in [0.05, 0.1) is 29.6 Å². The molecule has 32 heavy (non-hydrogen) atoms. The van der Waals surface area contributed by atoms with Crippen LogP contribution in [0, 0.1) is 0 Å². The second-order valence-corrected chi connectivity index (χ2v) is 8.34. The lowest BCUT2D eigenvalue weighted by atomic mass is 9.88. The van der Waals surface area contributed by atoms with Crippen molar-refractivity contribution >= 4 is 24.0 Å². The molecule has 2 aliphatic heterocycles. The van der Waals surface area contributed by atoms with Gasteiger partial charge in [-0.2, -0.15) is 13.2 Å². The third kappa shape index (κ3) is 5.24. The number of carbonyl (C=O) groups is 1. The number of alkyl halides is 3. The standard InChI is InChI=1S/C23H26F3N3O2.ClH/c1-17-21(30)29(20-15-27-11-7-19(20)23(24,25)26)16-22(31-17)9-13-28(14-10-22)12-8-18-5-3-2-4-6-18;/h2-7,11,15,17H,8-10,12-14,16H2,1H3;1H. The fourth-order valence-electron chi connectivity index (χ4n) is 4.49. The van der Waals surface area contributed by atoms with Crippen molar-refractivity contribution in [2.75, 3.05) is 31.1 Å². The van der Waals surface area contributed by atoms with Crippen LogP contribution in [0.2, 0.25) is 0 Å². The average molecular weight is 470 g/mol. The van der Waals surface area contributed by atoms with E-state index in [2.05, 4.69) is 22.0 Å². The maximum absolute atomic E-state index is 13.5. The van der Waals surface area contributed by atoms with E-state index in [-0.39, 0.29) is 24.6 Å². The highest BCUT2D eigenvalue weighted by Gasteiger charge is 2.47. The molecule has 0 radical (unpaired) electrons. The normalized spacial score (nSPS) is 21.4. The summed E-state index contributed by atoms with van der Waals surface area (Å²) in [6, 6.07) is 11.2.